The minimum Gasteiger partial charge on any atom is -0.465 e. The van der Waals surface area contributed by atoms with Gasteiger partial charge in [-0.15, -0.1) is 0 Å². The summed E-state index contributed by atoms with van der Waals surface area (Å²) in [7, 11) is -3.22. The Morgan fingerprint density at radius 2 is 2.12 bits per heavy atom. The molecule has 1 N–H and O–H groups in total. The molecule has 0 aromatic carbocycles. The van der Waals surface area contributed by atoms with Gasteiger partial charge in [0.25, 0.3) is 0 Å². The predicted octanol–water partition coefficient (Wildman–Crippen LogP) is 3.02. The van der Waals surface area contributed by atoms with Crippen LogP contribution in [0.1, 0.15) is 19.6 Å². The Hall–Kier alpha value is -1.03. The molecule has 0 aliphatic carbocycles. The predicted molar refractivity (Wildman–Crippen MR) is 61.7 cm³/mol. The molecule has 16 heavy (non-hydrogen) atoms. The molecule has 1 aromatic rings. The normalized spacial score (nSPS) is 12.1. The van der Waals surface area contributed by atoms with Crippen molar-refractivity contribution < 1.29 is 18.0 Å². The first kappa shape index (κ1) is 13.0. The first-order valence-electron chi connectivity index (χ1n) is 5.07. The maximum absolute atomic E-state index is 11.9. The van der Waals surface area contributed by atoms with Gasteiger partial charge in [-0.2, -0.15) is 0 Å². The zero-order valence-electron chi connectivity index (χ0n) is 9.38. The lowest BCUT2D eigenvalue weighted by atomic mass is 10.4. The second kappa shape index (κ2) is 6.53. The van der Waals surface area contributed by atoms with Crippen LogP contribution in [0.15, 0.2) is 29.0 Å². The molecule has 5 nitrogen and oxygen atoms in total. The van der Waals surface area contributed by atoms with Gasteiger partial charge in [-0.25, -0.2) is 4.57 Å². The zero-order valence-corrected chi connectivity index (χ0v) is 10.3. The van der Waals surface area contributed by atoms with Gasteiger partial charge in [0.1, 0.15) is 5.76 Å². The van der Waals surface area contributed by atoms with Gasteiger partial charge in [-0.05, 0) is 32.1 Å². The highest BCUT2D eigenvalue weighted by Gasteiger charge is 2.20. The first-order valence-corrected chi connectivity index (χ1v) is 6.61. The minimum atomic E-state index is -3.22. The summed E-state index contributed by atoms with van der Waals surface area (Å²) in [6, 6.07) is 3.55. The van der Waals surface area contributed by atoms with Crippen LogP contribution in [0, 0.1) is 0 Å². The SMILES string of the molecule is CCOP(=O)(NC=Cc1ccco1)OCC. The third kappa shape index (κ3) is 4.23. The summed E-state index contributed by atoms with van der Waals surface area (Å²) in [4.78, 5) is 0. The number of hydrogen-bond donors (Lipinski definition) is 1. The van der Waals surface area contributed by atoms with Crippen molar-refractivity contribution in [1.82, 2.24) is 5.09 Å². The van der Waals surface area contributed by atoms with Crippen molar-refractivity contribution in [3.8, 4) is 0 Å². The van der Waals surface area contributed by atoms with E-state index in [1.54, 1.807) is 38.3 Å². The molecule has 6 heteroatoms. The maximum atomic E-state index is 11.9. The van der Waals surface area contributed by atoms with Crippen LogP contribution in [-0.2, 0) is 13.6 Å². The van der Waals surface area contributed by atoms with Crippen molar-refractivity contribution >= 4 is 13.8 Å². The molecule has 1 aromatic heterocycles. The van der Waals surface area contributed by atoms with E-state index in [4.69, 9.17) is 13.5 Å². The molecular weight excluding hydrogens is 229 g/mol. The quantitative estimate of drug-likeness (QED) is 0.748. The molecule has 0 aliphatic rings. The van der Waals surface area contributed by atoms with Crippen molar-refractivity contribution in [2.45, 2.75) is 13.8 Å². The third-order valence-electron chi connectivity index (χ3n) is 1.62. The van der Waals surface area contributed by atoms with E-state index in [1.807, 2.05) is 0 Å². The van der Waals surface area contributed by atoms with Crippen molar-refractivity contribution in [1.29, 1.82) is 0 Å². The summed E-state index contributed by atoms with van der Waals surface area (Å²) >= 11 is 0. The summed E-state index contributed by atoms with van der Waals surface area (Å²) < 4.78 is 27.0. The van der Waals surface area contributed by atoms with Crippen LogP contribution in [0.2, 0.25) is 0 Å². The van der Waals surface area contributed by atoms with Crippen molar-refractivity contribution in [3.63, 3.8) is 0 Å². The number of nitrogens with one attached hydrogen (secondary N) is 1. The van der Waals surface area contributed by atoms with Gasteiger partial charge in [-0.3, -0.25) is 14.1 Å². The van der Waals surface area contributed by atoms with Crippen LogP contribution >= 0.6 is 7.75 Å². The Bertz CT molecular complexity index is 351. The Morgan fingerprint density at radius 3 is 2.62 bits per heavy atom. The average molecular weight is 245 g/mol. The molecule has 0 atom stereocenters. The lowest BCUT2D eigenvalue weighted by Gasteiger charge is -2.15. The third-order valence-corrected chi connectivity index (χ3v) is 3.28. The molecule has 0 saturated carbocycles. The topological polar surface area (TPSA) is 60.7 Å². The minimum absolute atomic E-state index is 0.318. The van der Waals surface area contributed by atoms with E-state index in [0.29, 0.717) is 19.0 Å². The smallest absolute Gasteiger partial charge is 0.432 e. The molecule has 0 unspecified atom stereocenters. The molecular formula is C10H16NO4P. The van der Waals surface area contributed by atoms with Crippen molar-refractivity contribution in [2.75, 3.05) is 13.2 Å². The van der Waals surface area contributed by atoms with Crippen LogP contribution in [0.5, 0.6) is 0 Å². The van der Waals surface area contributed by atoms with Gasteiger partial charge >= 0.3 is 7.75 Å². The Balaban J connectivity index is 2.53. The van der Waals surface area contributed by atoms with Gasteiger partial charge in [-0.1, -0.05) is 0 Å². The van der Waals surface area contributed by atoms with Crippen LogP contribution in [0.3, 0.4) is 0 Å². The number of furan rings is 1. The first-order chi connectivity index (χ1) is 7.70. The molecule has 0 aliphatic heterocycles. The van der Waals surface area contributed by atoms with E-state index < -0.39 is 7.75 Å². The molecule has 90 valence electrons. The second-order valence-corrected chi connectivity index (χ2v) is 4.58. The number of hydrogen-bond acceptors (Lipinski definition) is 4. The average Bonchev–Trinajstić information content (AvgIpc) is 2.71. The summed E-state index contributed by atoms with van der Waals surface area (Å²) in [5.41, 5.74) is 0. The van der Waals surface area contributed by atoms with E-state index >= 15 is 0 Å². The fourth-order valence-electron chi connectivity index (χ4n) is 1.05. The molecule has 0 saturated heterocycles. The summed E-state index contributed by atoms with van der Waals surface area (Å²) in [5.74, 6) is 0.659. The van der Waals surface area contributed by atoms with Gasteiger partial charge in [0.05, 0.1) is 19.5 Å². The van der Waals surface area contributed by atoms with Crippen LogP contribution < -0.4 is 5.09 Å². The molecule has 0 spiro atoms. The molecule has 0 amide bonds. The molecule has 1 rings (SSSR count). The lowest BCUT2D eigenvalue weighted by molar-refractivity contribution is 0.215. The summed E-state index contributed by atoms with van der Waals surface area (Å²) in [6.45, 7) is 4.14. The van der Waals surface area contributed by atoms with Crippen LogP contribution in [0.4, 0.5) is 0 Å². The Morgan fingerprint density at radius 1 is 1.44 bits per heavy atom. The van der Waals surface area contributed by atoms with Crippen molar-refractivity contribution in [3.05, 3.63) is 30.4 Å². The molecule has 1 heterocycles. The molecule has 0 fully saturated rings. The van der Waals surface area contributed by atoms with Crippen molar-refractivity contribution in [2.24, 2.45) is 0 Å². The summed E-state index contributed by atoms with van der Waals surface area (Å²) in [5, 5.41) is 2.61. The van der Waals surface area contributed by atoms with E-state index in [1.165, 1.54) is 6.20 Å². The van der Waals surface area contributed by atoms with E-state index in [2.05, 4.69) is 5.09 Å². The zero-order chi connectivity index (χ0) is 11.9. The highest BCUT2D eigenvalue weighted by atomic mass is 31.2. The number of rotatable bonds is 7. The maximum Gasteiger partial charge on any atom is 0.432 e. The Labute approximate surface area is 95.0 Å². The van der Waals surface area contributed by atoms with Crippen LogP contribution in [0.25, 0.3) is 6.08 Å². The largest absolute Gasteiger partial charge is 0.465 e. The molecule has 0 bridgehead atoms. The van der Waals surface area contributed by atoms with Gasteiger partial charge in [0.2, 0.25) is 0 Å². The second-order valence-electron chi connectivity index (χ2n) is 2.81. The van der Waals surface area contributed by atoms with Gasteiger partial charge in [0, 0.05) is 6.20 Å². The van der Waals surface area contributed by atoms with E-state index in [-0.39, 0.29) is 0 Å². The highest BCUT2D eigenvalue weighted by Crippen LogP contribution is 2.43. The lowest BCUT2D eigenvalue weighted by Crippen LogP contribution is -2.08. The fourth-order valence-corrected chi connectivity index (χ4v) is 2.21. The standard InChI is InChI=1S/C10H16NO4P/c1-3-14-16(12,15-4-2)11-8-7-10-6-5-9-13-10/h5-9H,3-4H2,1-2H3,(H,11,12). The van der Waals surface area contributed by atoms with Gasteiger partial charge < -0.3 is 4.42 Å². The summed E-state index contributed by atoms with van der Waals surface area (Å²) in [6.07, 6.45) is 4.69. The van der Waals surface area contributed by atoms with E-state index in [0.717, 1.165) is 0 Å². The Kier molecular flexibility index (Phi) is 5.32. The van der Waals surface area contributed by atoms with E-state index in [9.17, 15) is 4.57 Å². The molecule has 0 radical (unpaired) electrons. The van der Waals surface area contributed by atoms with Crippen LogP contribution in [-0.4, -0.2) is 13.2 Å². The monoisotopic (exact) mass is 245 g/mol. The highest BCUT2D eigenvalue weighted by molar-refractivity contribution is 7.51. The fraction of sp³-hybridized carbons (Fsp3) is 0.400. The van der Waals surface area contributed by atoms with Gasteiger partial charge in [0.15, 0.2) is 0 Å².